The van der Waals surface area contributed by atoms with Gasteiger partial charge in [0, 0.05) is 18.5 Å². The standard InChI is InChI=1S/C17H23F3N2O2S/c1-10-8-12(21-15(24)16(2,3)4)25-13(10)14(23)22-7-5-6-11(9-22)17(18,19)20/h8,11H,5-7,9H2,1-4H3,(H,21,24). The van der Waals surface area contributed by atoms with Crippen LogP contribution in [0.5, 0.6) is 0 Å². The predicted molar refractivity (Wildman–Crippen MR) is 91.8 cm³/mol. The van der Waals surface area contributed by atoms with E-state index in [9.17, 15) is 22.8 Å². The van der Waals surface area contributed by atoms with Crippen molar-refractivity contribution in [2.45, 2.75) is 46.7 Å². The summed E-state index contributed by atoms with van der Waals surface area (Å²) in [5.41, 5.74) is 0.0860. The Balaban J connectivity index is 2.13. The van der Waals surface area contributed by atoms with Crippen LogP contribution in [0.25, 0.3) is 0 Å². The highest BCUT2D eigenvalue weighted by Gasteiger charge is 2.43. The van der Waals surface area contributed by atoms with E-state index in [1.807, 2.05) is 0 Å². The van der Waals surface area contributed by atoms with E-state index in [0.29, 0.717) is 28.4 Å². The molecule has 0 aromatic carbocycles. The Labute approximate surface area is 149 Å². The number of rotatable bonds is 2. The molecular formula is C17H23F3N2O2S. The summed E-state index contributed by atoms with van der Waals surface area (Å²) in [6.07, 6.45) is -3.88. The average molecular weight is 376 g/mol. The molecule has 1 aromatic rings. The van der Waals surface area contributed by atoms with E-state index in [2.05, 4.69) is 5.32 Å². The first-order valence-electron chi connectivity index (χ1n) is 8.17. The lowest BCUT2D eigenvalue weighted by Crippen LogP contribution is -2.44. The van der Waals surface area contributed by atoms with Gasteiger partial charge in [-0.05, 0) is 31.4 Å². The predicted octanol–water partition coefficient (Wildman–Crippen LogP) is 4.46. The van der Waals surface area contributed by atoms with Crippen molar-refractivity contribution in [2.24, 2.45) is 11.3 Å². The Bertz CT molecular complexity index is 662. The molecule has 0 aliphatic carbocycles. The zero-order valence-electron chi connectivity index (χ0n) is 14.8. The number of aryl methyl sites for hydroxylation is 1. The number of halogens is 3. The SMILES string of the molecule is Cc1cc(NC(=O)C(C)(C)C)sc1C(=O)N1CCCC(C(F)(F)F)C1. The molecule has 1 fully saturated rings. The van der Waals surface area contributed by atoms with Crippen LogP contribution in [0.3, 0.4) is 0 Å². The van der Waals surface area contributed by atoms with Gasteiger partial charge in [-0.3, -0.25) is 9.59 Å². The number of nitrogens with one attached hydrogen (secondary N) is 1. The minimum Gasteiger partial charge on any atom is -0.337 e. The van der Waals surface area contributed by atoms with Crippen LogP contribution in [0.1, 0.15) is 48.8 Å². The fourth-order valence-electron chi connectivity index (χ4n) is 2.63. The summed E-state index contributed by atoms with van der Waals surface area (Å²) < 4.78 is 38.8. The van der Waals surface area contributed by atoms with Crippen molar-refractivity contribution in [1.29, 1.82) is 0 Å². The minimum absolute atomic E-state index is 0.0591. The lowest BCUT2D eigenvalue weighted by molar-refractivity contribution is -0.184. The molecule has 2 amide bonds. The number of piperidine rings is 1. The third-order valence-electron chi connectivity index (χ3n) is 4.20. The van der Waals surface area contributed by atoms with Crippen molar-refractivity contribution in [2.75, 3.05) is 18.4 Å². The zero-order chi connectivity index (χ0) is 19.0. The van der Waals surface area contributed by atoms with Crippen molar-refractivity contribution in [3.63, 3.8) is 0 Å². The molecule has 1 aliphatic rings. The van der Waals surface area contributed by atoms with E-state index in [1.54, 1.807) is 33.8 Å². The smallest absolute Gasteiger partial charge is 0.337 e. The zero-order valence-corrected chi connectivity index (χ0v) is 15.6. The molecule has 1 unspecified atom stereocenters. The van der Waals surface area contributed by atoms with Crippen LogP contribution in [0, 0.1) is 18.3 Å². The van der Waals surface area contributed by atoms with E-state index in [1.165, 1.54) is 4.90 Å². The Morgan fingerprint density at radius 1 is 1.28 bits per heavy atom. The molecule has 25 heavy (non-hydrogen) atoms. The number of alkyl halides is 3. The summed E-state index contributed by atoms with van der Waals surface area (Å²) in [6.45, 7) is 7.08. The number of hydrogen-bond acceptors (Lipinski definition) is 3. The number of thiophene rings is 1. The molecule has 2 heterocycles. The fraction of sp³-hybridized carbons (Fsp3) is 0.647. The Hall–Kier alpha value is -1.57. The van der Waals surface area contributed by atoms with Crippen LogP contribution in [0.4, 0.5) is 18.2 Å². The summed E-state index contributed by atoms with van der Waals surface area (Å²) in [7, 11) is 0. The number of nitrogens with zero attached hydrogens (tertiary/aromatic N) is 1. The number of amides is 2. The van der Waals surface area contributed by atoms with E-state index < -0.39 is 23.4 Å². The largest absolute Gasteiger partial charge is 0.393 e. The topological polar surface area (TPSA) is 49.4 Å². The fourth-order valence-corrected chi connectivity index (χ4v) is 3.66. The summed E-state index contributed by atoms with van der Waals surface area (Å²) in [4.78, 5) is 26.4. The van der Waals surface area contributed by atoms with Crippen LogP contribution in [0.15, 0.2) is 6.07 Å². The highest BCUT2D eigenvalue weighted by atomic mass is 32.1. The monoisotopic (exact) mass is 376 g/mol. The van der Waals surface area contributed by atoms with E-state index >= 15 is 0 Å². The minimum atomic E-state index is -4.28. The molecule has 1 atom stereocenters. The summed E-state index contributed by atoms with van der Waals surface area (Å²) in [5.74, 6) is -2.04. The van der Waals surface area contributed by atoms with Crippen LogP contribution in [-0.2, 0) is 4.79 Å². The quantitative estimate of drug-likeness (QED) is 0.829. The molecule has 2 rings (SSSR count). The second-order valence-electron chi connectivity index (χ2n) is 7.46. The van der Waals surface area contributed by atoms with Crippen LogP contribution >= 0.6 is 11.3 Å². The van der Waals surface area contributed by atoms with Gasteiger partial charge in [0.2, 0.25) is 5.91 Å². The third kappa shape index (κ3) is 4.74. The van der Waals surface area contributed by atoms with E-state index in [-0.39, 0.29) is 18.9 Å². The molecule has 0 saturated carbocycles. The Morgan fingerprint density at radius 2 is 1.92 bits per heavy atom. The Kier molecular flexibility index (Phi) is 5.51. The second-order valence-corrected chi connectivity index (χ2v) is 8.51. The summed E-state index contributed by atoms with van der Waals surface area (Å²) in [6, 6.07) is 1.69. The van der Waals surface area contributed by atoms with Crippen LogP contribution in [-0.4, -0.2) is 36.0 Å². The number of carbonyl (C=O) groups excluding carboxylic acids is 2. The van der Waals surface area contributed by atoms with Gasteiger partial charge in [-0.15, -0.1) is 11.3 Å². The summed E-state index contributed by atoms with van der Waals surface area (Å²) in [5, 5.41) is 3.30. The molecule has 1 aliphatic heterocycles. The first-order valence-corrected chi connectivity index (χ1v) is 8.99. The third-order valence-corrected chi connectivity index (χ3v) is 5.34. The van der Waals surface area contributed by atoms with E-state index in [0.717, 1.165) is 11.3 Å². The highest BCUT2D eigenvalue weighted by Crippen LogP contribution is 2.35. The maximum Gasteiger partial charge on any atom is 0.393 e. The molecule has 8 heteroatoms. The number of anilines is 1. The van der Waals surface area contributed by atoms with Crippen molar-refractivity contribution >= 4 is 28.2 Å². The van der Waals surface area contributed by atoms with Gasteiger partial charge < -0.3 is 10.2 Å². The molecule has 1 aromatic heterocycles. The van der Waals surface area contributed by atoms with Gasteiger partial charge in [-0.25, -0.2) is 0 Å². The van der Waals surface area contributed by atoms with Crippen molar-refractivity contribution < 1.29 is 22.8 Å². The molecule has 0 radical (unpaired) electrons. The number of carbonyl (C=O) groups is 2. The maximum atomic E-state index is 12.9. The molecule has 0 spiro atoms. The lowest BCUT2D eigenvalue weighted by Gasteiger charge is -2.33. The first kappa shape index (κ1) is 19.8. The normalized spacial score (nSPS) is 19.0. The van der Waals surface area contributed by atoms with Gasteiger partial charge in [0.1, 0.15) is 0 Å². The van der Waals surface area contributed by atoms with Crippen molar-refractivity contribution in [3.8, 4) is 0 Å². The first-order chi connectivity index (χ1) is 11.4. The maximum absolute atomic E-state index is 12.9. The molecule has 4 nitrogen and oxygen atoms in total. The van der Waals surface area contributed by atoms with Gasteiger partial charge in [0.15, 0.2) is 0 Å². The van der Waals surface area contributed by atoms with Crippen LogP contribution in [0.2, 0.25) is 0 Å². The number of likely N-dealkylation sites (tertiary alicyclic amines) is 1. The van der Waals surface area contributed by atoms with Crippen molar-refractivity contribution in [3.05, 3.63) is 16.5 Å². The van der Waals surface area contributed by atoms with Gasteiger partial charge in [0.25, 0.3) is 5.91 Å². The Morgan fingerprint density at radius 3 is 2.48 bits per heavy atom. The summed E-state index contributed by atoms with van der Waals surface area (Å²) >= 11 is 1.11. The highest BCUT2D eigenvalue weighted by molar-refractivity contribution is 7.18. The van der Waals surface area contributed by atoms with Gasteiger partial charge in [-0.2, -0.15) is 13.2 Å². The second kappa shape index (κ2) is 6.97. The molecule has 0 bridgehead atoms. The number of hydrogen-bond donors (Lipinski definition) is 1. The molecular weight excluding hydrogens is 353 g/mol. The van der Waals surface area contributed by atoms with E-state index in [4.69, 9.17) is 0 Å². The van der Waals surface area contributed by atoms with Gasteiger partial charge in [-0.1, -0.05) is 20.8 Å². The van der Waals surface area contributed by atoms with Gasteiger partial charge in [0.05, 0.1) is 15.8 Å². The van der Waals surface area contributed by atoms with Gasteiger partial charge >= 0.3 is 6.18 Å². The lowest BCUT2D eigenvalue weighted by atomic mass is 9.96. The molecule has 1 saturated heterocycles. The van der Waals surface area contributed by atoms with Crippen molar-refractivity contribution in [1.82, 2.24) is 4.90 Å². The average Bonchev–Trinajstić information content (AvgIpc) is 2.85. The molecule has 140 valence electrons. The van der Waals surface area contributed by atoms with Crippen LogP contribution < -0.4 is 5.32 Å². The molecule has 1 N–H and O–H groups in total.